The molecule has 1 unspecified atom stereocenters. The molecular formula is C19H24N4O2. The number of nitrogens with two attached hydrogens (primary N) is 1. The quantitative estimate of drug-likeness (QED) is 0.839. The third-order valence-electron chi connectivity index (χ3n) is 4.23. The van der Waals surface area contributed by atoms with Gasteiger partial charge in [0, 0.05) is 44.7 Å². The van der Waals surface area contributed by atoms with Gasteiger partial charge in [0.05, 0.1) is 6.10 Å². The first-order chi connectivity index (χ1) is 12.2. The number of aromatic nitrogens is 1. The van der Waals surface area contributed by atoms with Crippen LogP contribution in [0.5, 0.6) is 0 Å². The minimum Gasteiger partial charge on any atom is -0.382 e. The minimum atomic E-state index is -0.525. The summed E-state index contributed by atoms with van der Waals surface area (Å²) in [6.07, 6.45) is 2.71. The van der Waals surface area contributed by atoms with Crippen molar-refractivity contribution in [1.82, 2.24) is 9.88 Å². The van der Waals surface area contributed by atoms with E-state index in [9.17, 15) is 4.79 Å². The zero-order valence-corrected chi connectivity index (χ0v) is 14.2. The van der Waals surface area contributed by atoms with E-state index in [2.05, 4.69) is 39.5 Å². The highest BCUT2D eigenvalue weighted by molar-refractivity contribution is 5.91. The fraction of sp³-hybridized carbons (Fsp3) is 0.368. The number of nitrogens with one attached hydrogen (secondary N) is 1. The van der Waals surface area contributed by atoms with Crippen LogP contribution in [0.25, 0.3) is 0 Å². The van der Waals surface area contributed by atoms with Crippen molar-refractivity contribution in [2.75, 3.05) is 31.6 Å². The van der Waals surface area contributed by atoms with Crippen molar-refractivity contribution in [1.29, 1.82) is 0 Å². The van der Waals surface area contributed by atoms with Crippen LogP contribution in [0.1, 0.15) is 22.5 Å². The average Bonchev–Trinajstić information content (AvgIpc) is 2.86. The molecule has 0 spiro atoms. The molecule has 1 aliphatic rings. The third-order valence-corrected chi connectivity index (χ3v) is 4.23. The normalized spacial score (nSPS) is 18.5. The van der Waals surface area contributed by atoms with Crippen molar-refractivity contribution >= 4 is 11.6 Å². The van der Waals surface area contributed by atoms with Gasteiger partial charge in [-0.3, -0.25) is 14.7 Å². The molecule has 1 atom stereocenters. The number of hydrogen-bond acceptors (Lipinski definition) is 5. The van der Waals surface area contributed by atoms with Gasteiger partial charge < -0.3 is 15.8 Å². The molecule has 2 heterocycles. The summed E-state index contributed by atoms with van der Waals surface area (Å²) in [5, 5.41) is 3.32. The number of pyridine rings is 1. The maximum atomic E-state index is 11.2. The van der Waals surface area contributed by atoms with E-state index in [0.29, 0.717) is 6.54 Å². The average molecular weight is 340 g/mol. The first kappa shape index (κ1) is 17.4. The zero-order valence-electron chi connectivity index (χ0n) is 14.2. The molecule has 2 aromatic rings. The molecule has 3 rings (SSSR count). The largest absolute Gasteiger partial charge is 0.382 e. The number of hydrogen-bond donors (Lipinski definition) is 2. The van der Waals surface area contributed by atoms with E-state index in [1.165, 1.54) is 5.56 Å². The molecule has 6 heteroatoms. The van der Waals surface area contributed by atoms with E-state index in [-0.39, 0.29) is 11.8 Å². The summed E-state index contributed by atoms with van der Waals surface area (Å²) in [5.74, 6) is -0.525. The van der Waals surface area contributed by atoms with Crippen LogP contribution in [0, 0.1) is 0 Å². The maximum absolute atomic E-state index is 11.2. The Kier molecular flexibility index (Phi) is 5.98. The molecule has 1 aromatic heterocycles. The van der Waals surface area contributed by atoms with Crippen molar-refractivity contribution < 1.29 is 9.53 Å². The lowest BCUT2D eigenvalue weighted by Crippen LogP contribution is -2.35. The highest BCUT2D eigenvalue weighted by Crippen LogP contribution is 2.13. The van der Waals surface area contributed by atoms with Crippen LogP contribution in [0.3, 0.4) is 0 Å². The first-order valence-electron chi connectivity index (χ1n) is 8.58. The van der Waals surface area contributed by atoms with E-state index < -0.39 is 5.91 Å². The molecule has 0 aliphatic carbocycles. The van der Waals surface area contributed by atoms with Gasteiger partial charge in [-0.15, -0.1) is 0 Å². The van der Waals surface area contributed by atoms with Gasteiger partial charge in [0.25, 0.3) is 5.91 Å². The summed E-state index contributed by atoms with van der Waals surface area (Å²) in [5.41, 5.74) is 7.68. The van der Waals surface area contributed by atoms with Gasteiger partial charge in [-0.1, -0.05) is 30.3 Å². The zero-order chi connectivity index (χ0) is 17.5. The van der Waals surface area contributed by atoms with Crippen molar-refractivity contribution in [2.24, 2.45) is 5.73 Å². The molecule has 1 aromatic carbocycles. The van der Waals surface area contributed by atoms with Gasteiger partial charge in [-0.05, 0) is 24.1 Å². The van der Waals surface area contributed by atoms with E-state index in [1.807, 2.05) is 12.1 Å². The number of nitrogens with zero attached hydrogens (tertiary/aromatic N) is 2. The molecule has 0 bridgehead atoms. The van der Waals surface area contributed by atoms with E-state index in [4.69, 9.17) is 10.5 Å². The van der Waals surface area contributed by atoms with Gasteiger partial charge >= 0.3 is 0 Å². The van der Waals surface area contributed by atoms with Crippen molar-refractivity contribution in [3.8, 4) is 0 Å². The Labute approximate surface area is 148 Å². The van der Waals surface area contributed by atoms with E-state index >= 15 is 0 Å². The Bertz CT molecular complexity index is 693. The molecular weight excluding hydrogens is 316 g/mol. The van der Waals surface area contributed by atoms with Crippen LogP contribution in [0.15, 0.2) is 48.7 Å². The second-order valence-corrected chi connectivity index (χ2v) is 6.24. The number of rotatable bonds is 6. The van der Waals surface area contributed by atoms with Gasteiger partial charge in [-0.2, -0.15) is 0 Å². The number of benzene rings is 1. The fourth-order valence-corrected chi connectivity index (χ4v) is 2.99. The Balaban J connectivity index is 1.56. The lowest BCUT2D eigenvalue weighted by atomic mass is 10.2. The van der Waals surface area contributed by atoms with Crippen LogP contribution < -0.4 is 11.1 Å². The standard InChI is InChI=1S/C19H24N4O2/c20-19(24)18-11-16(7-8-21-18)22-12-17-14-23(9-4-10-25-17)13-15-5-2-1-3-6-15/h1-3,5-8,11,17H,4,9-10,12-14H2,(H2,20,24)(H,21,22). The lowest BCUT2D eigenvalue weighted by molar-refractivity contribution is 0.0625. The predicted octanol–water partition coefficient (Wildman–Crippen LogP) is 1.88. The maximum Gasteiger partial charge on any atom is 0.267 e. The second-order valence-electron chi connectivity index (χ2n) is 6.24. The van der Waals surface area contributed by atoms with Crippen LogP contribution in [-0.4, -0.2) is 48.1 Å². The Hall–Kier alpha value is -2.44. The topological polar surface area (TPSA) is 80.5 Å². The fourth-order valence-electron chi connectivity index (χ4n) is 2.99. The summed E-state index contributed by atoms with van der Waals surface area (Å²) in [6.45, 7) is 4.28. The third kappa shape index (κ3) is 5.27. The Morgan fingerprint density at radius 2 is 2.16 bits per heavy atom. The van der Waals surface area contributed by atoms with Crippen LogP contribution >= 0.6 is 0 Å². The smallest absolute Gasteiger partial charge is 0.267 e. The summed E-state index contributed by atoms with van der Waals surface area (Å²) in [4.78, 5) is 17.6. The van der Waals surface area contributed by atoms with Crippen molar-refractivity contribution in [3.63, 3.8) is 0 Å². The minimum absolute atomic E-state index is 0.0939. The molecule has 1 fully saturated rings. The molecule has 25 heavy (non-hydrogen) atoms. The predicted molar refractivity (Wildman–Crippen MR) is 97.3 cm³/mol. The number of carbonyl (C=O) groups is 1. The van der Waals surface area contributed by atoms with Crippen molar-refractivity contribution in [3.05, 3.63) is 59.9 Å². The number of amides is 1. The molecule has 0 saturated carbocycles. The summed E-state index contributed by atoms with van der Waals surface area (Å²) < 4.78 is 5.96. The van der Waals surface area contributed by atoms with Gasteiger partial charge in [0.15, 0.2) is 0 Å². The molecule has 1 amide bonds. The summed E-state index contributed by atoms with van der Waals surface area (Å²) in [6, 6.07) is 14.0. The molecule has 1 saturated heterocycles. The number of ether oxygens (including phenoxy) is 1. The highest BCUT2D eigenvalue weighted by Gasteiger charge is 2.19. The van der Waals surface area contributed by atoms with Gasteiger partial charge in [0.1, 0.15) is 5.69 Å². The molecule has 6 nitrogen and oxygen atoms in total. The Morgan fingerprint density at radius 3 is 2.96 bits per heavy atom. The highest BCUT2D eigenvalue weighted by atomic mass is 16.5. The van der Waals surface area contributed by atoms with Crippen LogP contribution in [-0.2, 0) is 11.3 Å². The van der Waals surface area contributed by atoms with Crippen LogP contribution in [0.2, 0.25) is 0 Å². The van der Waals surface area contributed by atoms with Crippen molar-refractivity contribution in [2.45, 2.75) is 19.1 Å². The summed E-state index contributed by atoms with van der Waals surface area (Å²) >= 11 is 0. The molecule has 3 N–H and O–H groups in total. The lowest BCUT2D eigenvalue weighted by Gasteiger charge is -2.24. The van der Waals surface area contributed by atoms with Gasteiger partial charge in [0.2, 0.25) is 0 Å². The molecule has 1 aliphatic heterocycles. The molecule has 132 valence electrons. The number of carbonyl (C=O) groups excluding carboxylic acids is 1. The Morgan fingerprint density at radius 1 is 1.32 bits per heavy atom. The van der Waals surface area contributed by atoms with E-state index in [1.54, 1.807) is 12.3 Å². The number of primary amides is 1. The first-order valence-corrected chi connectivity index (χ1v) is 8.58. The summed E-state index contributed by atoms with van der Waals surface area (Å²) in [7, 11) is 0. The van der Waals surface area contributed by atoms with Crippen LogP contribution in [0.4, 0.5) is 5.69 Å². The van der Waals surface area contributed by atoms with Gasteiger partial charge in [-0.25, -0.2) is 0 Å². The second kappa shape index (κ2) is 8.60. The SMILES string of the molecule is NC(=O)c1cc(NCC2CN(Cc3ccccc3)CCCO2)ccn1. The number of anilines is 1. The molecule has 0 radical (unpaired) electrons. The van der Waals surface area contributed by atoms with E-state index in [0.717, 1.165) is 38.3 Å². The monoisotopic (exact) mass is 340 g/mol.